The van der Waals surface area contributed by atoms with Gasteiger partial charge in [-0.3, -0.25) is 4.79 Å². The molecular formula is C10H11ClO2. The lowest BCUT2D eigenvalue weighted by molar-refractivity contribution is -0.137. The average Bonchev–Trinajstić information content (AvgIpc) is 2.08. The zero-order valence-corrected chi connectivity index (χ0v) is 7.92. The van der Waals surface area contributed by atoms with Crippen LogP contribution in [-0.4, -0.2) is 11.1 Å². The fourth-order valence-corrected chi connectivity index (χ4v) is 1.36. The van der Waals surface area contributed by atoms with Crippen LogP contribution < -0.4 is 0 Å². The van der Waals surface area contributed by atoms with Gasteiger partial charge in [0.1, 0.15) is 0 Å². The first-order chi connectivity index (χ1) is 6.20. The van der Waals surface area contributed by atoms with Crippen molar-refractivity contribution >= 4 is 17.6 Å². The van der Waals surface area contributed by atoms with Crippen molar-refractivity contribution in [3.8, 4) is 0 Å². The molecule has 1 aromatic carbocycles. The van der Waals surface area contributed by atoms with Crippen LogP contribution in [0.3, 0.4) is 0 Å². The van der Waals surface area contributed by atoms with E-state index in [1.165, 1.54) is 0 Å². The lowest BCUT2D eigenvalue weighted by Gasteiger charge is -2.01. The number of aryl methyl sites for hydroxylation is 1. The van der Waals surface area contributed by atoms with Crippen molar-refractivity contribution in [2.75, 3.05) is 0 Å². The van der Waals surface area contributed by atoms with Crippen LogP contribution in [0.2, 0.25) is 5.02 Å². The van der Waals surface area contributed by atoms with Crippen molar-refractivity contribution in [1.29, 1.82) is 0 Å². The maximum atomic E-state index is 10.2. The summed E-state index contributed by atoms with van der Waals surface area (Å²) in [6.07, 6.45) is 1.57. The summed E-state index contributed by atoms with van der Waals surface area (Å²) in [5.74, 6) is -0.757. The Kier molecular flexibility index (Phi) is 3.77. The second-order valence-corrected chi connectivity index (χ2v) is 3.25. The Labute approximate surface area is 82.2 Å². The third-order valence-corrected chi connectivity index (χ3v) is 2.16. The number of carbonyl (C=O) groups is 1. The van der Waals surface area contributed by atoms with Crippen molar-refractivity contribution in [1.82, 2.24) is 0 Å². The summed E-state index contributed by atoms with van der Waals surface area (Å²) in [6.45, 7) is 0. The zero-order valence-electron chi connectivity index (χ0n) is 7.16. The average molecular weight is 199 g/mol. The normalized spacial score (nSPS) is 9.92. The molecule has 70 valence electrons. The number of halogens is 1. The first-order valence-corrected chi connectivity index (χ1v) is 4.53. The third kappa shape index (κ3) is 3.47. The van der Waals surface area contributed by atoms with Crippen molar-refractivity contribution in [3.05, 3.63) is 34.9 Å². The lowest BCUT2D eigenvalue weighted by atomic mass is 10.1. The highest BCUT2D eigenvalue weighted by Gasteiger charge is 2.00. The van der Waals surface area contributed by atoms with E-state index in [4.69, 9.17) is 16.7 Å². The molecule has 0 fully saturated rings. The van der Waals surface area contributed by atoms with Gasteiger partial charge in [0.25, 0.3) is 0 Å². The molecule has 1 rings (SSSR count). The second kappa shape index (κ2) is 4.87. The third-order valence-electron chi connectivity index (χ3n) is 1.79. The van der Waals surface area contributed by atoms with Gasteiger partial charge in [-0.15, -0.1) is 0 Å². The van der Waals surface area contributed by atoms with E-state index in [2.05, 4.69) is 0 Å². The zero-order chi connectivity index (χ0) is 9.68. The van der Waals surface area contributed by atoms with Crippen molar-refractivity contribution in [2.45, 2.75) is 19.3 Å². The van der Waals surface area contributed by atoms with E-state index in [-0.39, 0.29) is 6.42 Å². The number of hydrogen-bond donors (Lipinski definition) is 1. The molecule has 0 radical (unpaired) electrons. The molecule has 3 heteroatoms. The van der Waals surface area contributed by atoms with E-state index < -0.39 is 5.97 Å². The van der Waals surface area contributed by atoms with Gasteiger partial charge in [-0.25, -0.2) is 0 Å². The van der Waals surface area contributed by atoms with Gasteiger partial charge in [0.2, 0.25) is 0 Å². The van der Waals surface area contributed by atoms with Crippen LogP contribution in [0.15, 0.2) is 24.3 Å². The number of benzene rings is 1. The summed E-state index contributed by atoms with van der Waals surface area (Å²) in [5, 5.41) is 9.14. The molecule has 13 heavy (non-hydrogen) atoms. The van der Waals surface area contributed by atoms with Gasteiger partial charge in [0.05, 0.1) is 0 Å². The minimum Gasteiger partial charge on any atom is -0.481 e. The van der Waals surface area contributed by atoms with Crippen molar-refractivity contribution < 1.29 is 9.90 Å². The molecule has 1 N–H and O–H groups in total. The van der Waals surface area contributed by atoms with Crippen LogP contribution in [0.5, 0.6) is 0 Å². The summed E-state index contributed by atoms with van der Waals surface area (Å²) in [7, 11) is 0. The Bertz CT molecular complexity index is 297. The molecule has 0 aromatic heterocycles. The van der Waals surface area contributed by atoms with Gasteiger partial charge in [-0.1, -0.05) is 29.8 Å². The fourth-order valence-electron chi connectivity index (χ4n) is 1.13. The minimum absolute atomic E-state index is 0.200. The van der Waals surface area contributed by atoms with Gasteiger partial charge >= 0.3 is 5.97 Å². The fraction of sp³-hybridized carbons (Fsp3) is 0.300. The van der Waals surface area contributed by atoms with Crippen LogP contribution in [0.4, 0.5) is 0 Å². The molecule has 0 atom stereocenters. The van der Waals surface area contributed by atoms with Crippen LogP contribution in [0.25, 0.3) is 0 Å². The largest absolute Gasteiger partial charge is 0.481 e. The Morgan fingerprint density at radius 2 is 2.08 bits per heavy atom. The Balaban J connectivity index is 2.45. The van der Waals surface area contributed by atoms with E-state index in [1.54, 1.807) is 0 Å². The van der Waals surface area contributed by atoms with Gasteiger partial charge in [0, 0.05) is 11.4 Å². The van der Waals surface area contributed by atoms with E-state index in [1.807, 2.05) is 24.3 Å². The molecule has 0 spiro atoms. The molecule has 2 nitrogen and oxygen atoms in total. The molecule has 1 aromatic rings. The molecule has 0 unspecified atom stereocenters. The predicted octanol–water partition coefficient (Wildman–Crippen LogP) is 2.75. The number of aliphatic carboxylic acids is 1. The Hall–Kier alpha value is -1.02. The molecule has 0 saturated heterocycles. The van der Waals surface area contributed by atoms with E-state index in [9.17, 15) is 4.79 Å². The van der Waals surface area contributed by atoms with Crippen molar-refractivity contribution in [2.24, 2.45) is 0 Å². The summed E-state index contributed by atoms with van der Waals surface area (Å²) in [6, 6.07) is 7.51. The summed E-state index contributed by atoms with van der Waals surface area (Å²) in [5.41, 5.74) is 1.02. The Morgan fingerprint density at radius 3 is 2.69 bits per heavy atom. The number of carboxylic acids is 1. The minimum atomic E-state index is -0.757. The smallest absolute Gasteiger partial charge is 0.303 e. The standard InChI is InChI=1S/C10H11ClO2/c11-9-6-2-1-4-8(9)5-3-7-10(12)13/h1-2,4,6H,3,5,7H2,(H,12,13). The second-order valence-electron chi connectivity index (χ2n) is 2.84. The molecule has 0 heterocycles. The first kappa shape index (κ1) is 10.1. The summed E-state index contributed by atoms with van der Waals surface area (Å²) < 4.78 is 0. The van der Waals surface area contributed by atoms with Gasteiger partial charge in [-0.05, 0) is 24.5 Å². The van der Waals surface area contributed by atoms with Crippen LogP contribution >= 0.6 is 11.6 Å². The lowest BCUT2D eigenvalue weighted by Crippen LogP contribution is -1.96. The number of carboxylic acid groups (broad SMARTS) is 1. The highest BCUT2D eigenvalue weighted by molar-refractivity contribution is 6.31. The monoisotopic (exact) mass is 198 g/mol. The molecule has 0 bridgehead atoms. The maximum absolute atomic E-state index is 10.2. The van der Waals surface area contributed by atoms with Gasteiger partial charge in [-0.2, -0.15) is 0 Å². The van der Waals surface area contributed by atoms with Crippen molar-refractivity contribution in [3.63, 3.8) is 0 Å². The van der Waals surface area contributed by atoms with E-state index >= 15 is 0 Å². The SMILES string of the molecule is O=C(O)CCCc1ccccc1Cl. The van der Waals surface area contributed by atoms with Crippen LogP contribution in [0, 0.1) is 0 Å². The number of hydrogen-bond acceptors (Lipinski definition) is 1. The summed E-state index contributed by atoms with van der Waals surface area (Å²) in [4.78, 5) is 10.2. The van der Waals surface area contributed by atoms with Gasteiger partial charge < -0.3 is 5.11 Å². The molecule has 0 aliphatic rings. The predicted molar refractivity (Wildman–Crippen MR) is 52.0 cm³/mol. The summed E-state index contributed by atoms with van der Waals surface area (Å²) >= 11 is 5.89. The first-order valence-electron chi connectivity index (χ1n) is 4.15. The number of rotatable bonds is 4. The quantitative estimate of drug-likeness (QED) is 0.808. The molecule has 0 aliphatic carbocycles. The maximum Gasteiger partial charge on any atom is 0.303 e. The van der Waals surface area contributed by atoms with Crippen LogP contribution in [-0.2, 0) is 11.2 Å². The van der Waals surface area contributed by atoms with Crippen LogP contribution in [0.1, 0.15) is 18.4 Å². The topological polar surface area (TPSA) is 37.3 Å². The molecule has 0 aliphatic heterocycles. The molecule has 0 saturated carbocycles. The highest BCUT2D eigenvalue weighted by atomic mass is 35.5. The Morgan fingerprint density at radius 1 is 1.38 bits per heavy atom. The van der Waals surface area contributed by atoms with Gasteiger partial charge in [0.15, 0.2) is 0 Å². The van der Waals surface area contributed by atoms with E-state index in [0.29, 0.717) is 11.4 Å². The highest BCUT2D eigenvalue weighted by Crippen LogP contribution is 2.16. The molecule has 0 amide bonds. The molecular weight excluding hydrogens is 188 g/mol. The van der Waals surface area contributed by atoms with E-state index in [0.717, 1.165) is 12.0 Å².